The number of hydrogen-bond acceptors (Lipinski definition) is 5. The minimum atomic E-state index is -0.450. The molecule has 0 N–H and O–H groups in total. The van der Waals surface area contributed by atoms with Crippen molar-refractivity contribution in [3.63, 3.8) is 0 Å². The summed E-state index contributed by atoms with van der Waals surface area (Å²) in [5.74, 6) is -1.32. The zero-order valence-corrected chi connectivity index (χ0v) is 18.6. The van der Waals surface area contributed by atoms with Crippen molar-refractivity contribution in [1.29, 1.82) is 0 Å². The summed E-state index contributed by atoms with van der Waals surface area (Å²) in [7, 11) is 1.33. The van der Waals surface area contributed by atoms with E-state index in [1.54, 1.807) is 36.1 Å². The molecule has 0 bridgehead atoms. The first-order valence-corrected chi connectivity index (χ1v) is 10.4. The van der Waals surface area contributed by atoms with Crippen LogP contribution < -0.4 is 0 Å². The second-order valence-electron chi connectivity index (χ2n) is 7.67. The normalized spacial score (nSPS) is 16.0. The lowest BCUT2D eigenvalue weighted by molar-refractivity contribution is -0.139. The molecular formula is C26H27NO5. The minimum absolute atomic E-state index is 0.0759. The van der Waals surface area contributed by atoms with Crippen LogP contribution in [0.3, 0.4) is 0 Å². The van der Waals surface area contributed by atoms with Crippen molar-refractivity contribution in [2.24, 2.45) is 0 Å². The quantitative estimate of drug-likeness (QED) is 0.481. The summed E-state index contributed by atoms with van der Waals surface area (Å²) in [5.41, 5.74) is 4.26. The molecule has 1 heterocycles. The standard InChI is InChI=1S/C26H27NO5/c1-5-14-32-26(30)24-18(3)27(16-19-10-12-20(13-11-19)25(29)31-4)23(28)15-22(24)21-9-7-6-8-17(21)2/h5-13,22H,1,14-16H2,2-4H3. The van der Waals surface area contributed by atoms with Gasteiger partial charge in [-0.25, -0.2) is 9.59 Å². The van der Waals surface area contributed by atoms with Crippen LogP contribution in [-0.2, 0) is 25.6 Å². The zero-order chi connectivity index (χ0) is 23.3. The van der Waals surface area contributed by atoms with E-state index in [4.69, 9.17) is 9.47 Å². The average molecular weight is 434 g/mol. The maximum atomic E-state index is 13.2. The van der Waals surface area contributed by atoms with Gasteiger partial charge in [-0.3, -0.25) is 4.79 Å². The van der Waals surface area contributed by atoms with E-state index < -0.39 is 11.9 Å². The Morgan fingerprint density at radius 2 is 1.78 bits per heavy atom. The van der Waals surface area contributed by atoms with Crippen molar-refractivity contribution < 1.29 is 23.9 Å². The number of rotatable bonds is 7. The average Bonchev–Trinajstić information content (AvgIpc) is 2.80. The molecule has 0 spiro atoms. The topological polar surface area (TPSA) is 72.9 Å². The summed E-state index contributed by atoms with van der Waals surface area (Å²) < 4.78 is 10.1. The van der Waals surface area contributed by atoms with E-state index in [0.717, 1.165) is 16.7 Å². The fourth-order valence-electron chi connectivity index (χ4n) is 3.97. The molecule has 1 aliphatic heterocycles. The van der Waals surface area contributed by atoms with E-state index in [9.17, 15) is 14.4 Å². The molecule has 0 fully saturated rings. The Bertz CT molecular complexity index is 1070. The van der Waals surface area contributed by atoms with Gasteiger partial charge >= 0.3 is 11.9 Å². The second kappa shape index (κ2) is 10.1. The second-order valence-corrected chi connectivity index (χ2v) is 7.67. The van der Waals surface area contributed by atoms with Crippen LogP contribution in [0.1, 0.15) is 46.3 Å². The van der Waals surface area contributed by atoms with E-state index in [1.165, 1.54) is 13.2 Å². The van der Waals surface area contributed by atoms with Crippen LogP contribution in [0.2, 0.25) is 0 Å². The molecule has 3 rings (SSSR count). The Morgan fingerprint density at radius 3 is 2.41 bits per heavy atom. The molecule has 2 aromatic carbocycles. The number of aryl methyl sites for hydroxylation is 1. The number of nitrogens with zero attached hydrogens (tertiary/aromatic N) is 1. The van der Waals surface area contributed by atoms with Crippen molar-refractivity contribution in [2.45, 2.75) is 32.7 Å². The molecule has 1 atom stereocenters. The molecular weight excluding hydrogens is 406 g/mol. The summed E-state index contributed by atoms with van der Waals surface area (Å²) in [5, 5.41) is 0. The van der Waals surface area contributed by atoms with Gasteiger partial charge in [-0.1, -0.05) is 49.1 Å². The third-order valence-corrected chi connectivity index (χ3v) is 5.65. The van der Waals surface area contributed by atoms with Crippen LogP contribution in [0.4, 0.5) is 0 Å². The predicted octanol–water partition coefficient (Wildman–Crippen LogP) is 4.30. The van der Waals surface area contributed by atoms with Gasteiger partial charge in [0.25, 0.3) is 0 Å². The van der Waals surface area contributed by atoms with Gasteiger partial charge in [0.15, 0.2) is 0 Å². The number of allylic oxidation sites excluding steroid dienone is 1. The van der Waals surface area contributed by atoms with Gasteiger partial charge in [0.1, 0.15) is 6.61 Å². The number of carbonyl (C=O) groups is 3. The molecule has 6 nitrogen and oxygen atoms in total. The van der Waals surface area contributed by atoms with Crippen molar-refractivity contribution in [2.75, 3.05) is 13.7 Å². The highest BCUT2D eigenvalue weighted by molar-refractivity contribution is 5.96. The first-order chi connectivity index (χ1) is 15.4. The number of methoxy groups -OCH3 is 1. The number of amides is 1. The fourth-order valence-corrected chi connectivity index (χ4v) is 3.97. The predicted molar refractivity (Wildman–Crippen MR) is 121 cm³/mol. The van der Waals surface area contributed by atoms with Crippen molar-refractivity contribution in [3.8, 4) is 0 Å². The third kappa shape index (κ3) is 4.80. The number of esters is 2. The Labute approximate surface area is 188 Å². The number of ether oxygens (including phenoxy) is 2. The molecule has 0 saturated carbocycles. The lowest BCUT2D eigenvalue weighted by atomic mass is 9.81. The third-order valence-electron chi connectivity index (χ3n) is 5.65. The molecule has 0 saturated heterocycles. The molecule has 32 heavy (non-hydrogen) atoms. The van der Waals surface area contributed by atoms with Gasteiger partial charge in [-0.05, 0) is 42.7 Å². The van der Waals surface area contributed by atoms with E-state index in [2.05, 4.69) is 6.58 Å². The molecule has 0 radical (unpaired) electrons. The monoisotopic (exact) mass is 433 g/mol. The van der Waals surface area contributed by atoms with Crippen molar-refractivity contribution in [1.82, 2.24) is 4.90 Å². The first kappa shape index (κ1) is 23.0. The number of hydrogen-bond donors (Lipinski definition) is 0. The summed E-state index contributed by atoms with van der Waals surface area (Å²) in [6, 6.07) is 14.6. The minimum Gasteiger partial charge on any atom is -0.465 e. The molecule has 166 valence electrons. The maximum Gasteiger partial charge on any atom is 0.337 e. The van der Waals surface area contributed by atoms with Gasteiger partial charge in [0, 0.05) is 18.0 Å². The molecule has 1 aliphatic rings. The largest absolute Gasteiger partial charge is 0.465 e. The molecule has 6 heteroatoms. The summed E-state index contributed by atoms with van der Waals surface area (Å²) in [6.07, 6.45) is 1.69. The summed E-state index contributed by atoms with van der Waals surface area (Å²) in [6.45, 7) is 7.73. The lowest BCUT2D eigenvalue weighted by Gasteiger charge is -2.35. The van der Waals surface area contributed by atoms with Crippen LogP contribution in [0, 0.1) is 6.92 Å². The van der Waals surface area contributed by atoms with Crippen LogP contribution in [0.15, 0.2) is 72.5 Å². The SMILES string of the molecule is C=CCOC(=O)C1=C(C)N(Cc2ccc(C(=O)OC)cc2)C(=O)CC1c1ccccc1C. The van der Waals surface area contributed by atoms with Crippen molar-refractivity contribution in [3.05, 3.63) is 94.7 Å². The molecule has 2 aromatic rings. The molecule has 1 unspecified atom stereocenters. The summed E-state index contributed by atoms with van der Waals surface area (Å²) >= 11 is 0. The highest BCUT2D eigenvalue weighted by Gasteiger charge is 2.37. The molecule has 0 aromatic heterocycles. The van der Waals surface area contributed by atoms with E-state index in [0.29, 0.717) is 16.8 Å². The van der Waals surface area contributed by atoms with Crippen LogP contribution in [0.25, 0.3) is 0 Å². The van der Waals surface area contributed by atoms with Gasteiger partial charge < -0.3 is 14.4 Å². The van der Waals surface area contributed by atoms with Gasteiger partial charge in [-0.15, -0.1) is 0 Å². The van der Waals surface area contributed by atoms with Crippen molar-refractivity contribution >= 4 is 17.8 Å². The van der Waals surface area contributed by atoms with Gasteiger partial charge in [-0.2, -0.15) is 0 Å². The van der Waals surface area contributed by atoms with E-state index >= 15 is 0 Å². The smallest absolute Gasteiger partial charge is 0.337 e. The lowest BCUT2D eigenvalue weighted by Crippen LogP contribution is -2.38. The Morgan fingerprint density at radius 1 is 1.09 bits per heavy atom. The van der Waals surface area contributed by atoms with Crippen LogP contribution in [-0.4, -0.2) is 36.5 Å². The van der Waals surface area contributed by atoms with Gasteiger partial charge in [0.05, 0.1) is 24.8 Å². The van der Waals surface area contributed by atoms with Crippen LogP contribution in [0.5, 0.6) is 0 Å². The number of benzene rings is 2. The fraction of sp³-hybridized carbons (Fsp3) is 0.269. The summed E-state index contributed by atoms with van der Waals surface area (Å²) in [4.78, 5) is 39.4. The molecule has 1 amide bonds. The highest BCUT2D eigenvalue weighted by Crippen LogP contribution is 2.38. The van der Waals surface area contributed by atoms with Crippen LogP contribution >= 0.6 is 0 Å². The van der Waals surface area contributed by atoms with Gasteiger partial charge in [0.2, 0.25) is 5.91 Å². The van der Waals surface area contributed by atoms with E-state index in [-0.39, 0.29) is 31.4 Å². The molecule has 0 aliphatic carbocycles. The number of carbonyl (C=O) groups excluding carboxylic acids is 3. The zero-order valence-electron chi connectivity index (χ0n) is 18.6. The Balaban J connectivity index is 1.98. The Hall–Kier alpha value is -3.67. The highest BCUT2D eigenvalue weighted by atomic mass is 16.5. The maximum absolute atomic E-state index is 13.2. The Kier molecular flexibility index (Phi) is 7.25. The first-order valence-electron chi connectivity index (χ1n) is 10.4. The van der Waals surface area contributed by atoms with E-state index in [1.807, 2.05) is 31.2 Å².